The molecule has 0 saturated heterocycles. The lowest BCUT2D eigenvalue weighted by Gasteiger charge is -2.28. The van der Waals surface area contributed by atoms with Crippen LogP contribution in [0.25, 0.3) is 0 Å². The van der Waals surface area contributed by atoms with Crippen molar-refractivity contribution in [1.29, 1.82) is 0 Å². The molecule has 0 aliphatic heterocycles. The monoisotopic (exact) mass is 438 g/mol. The first-order valence-electron chi connectivity index (χ1n) is 7.93. The summed E-state index contributed by atoms with van der Waals surface area (Å²) >= 11 is 0. The standard InChI is InChI=1S/C19H26N4.HI/c1-15-9-5-6-11-17(15)19(2,3)14-23-18(20-4)22-13-16-10-7-8-12-21-16;/h5-12H,13-14H2,1-4H3,(H2,20,22,23);1H. The van der Waals surface area contributed by atoms with E-state index >= 15 is 0 Å². The van der Waals surface area contributed by atoms with Crippen molar-refractivity contribution < 1.29 is 0 Å². The lowest BCUT2D eigenvalue weighted by atomic mass is 9.82. The highest BCUT2D eigenvalue weighted by Crippen LogP contribution is 2.25. The highest BCUT2D eigenvalue weighted by molar-refractivity contribution is 14.0. The van der Waals surface area contributed by atoms with E-state index in [4.69, 9.17) is 0 Å². The van der Waals surface area contributed by atoms with Gasteiger partial charge in [0.05, 0.1) is 12.2 Å². The molecular weight excluding hydrogens is 411 g/mol. The van der Waals surface area contributed by atoms with Gasteiger partial charge in [0.2, 0.25) is 0 Å². The lowest BCUT2D eigenvalue weighted by molar-refractivity contribution is 0.506. The van der Waals surface area contributed by atoms with Crippen molar-refractivity contribution in [3.05, 3.63) is 65.5 Å². The van der Waals surface area contributed by atoms with Crippen LogP contribution < -0.4 is 10.6 Å². The molecule has 130 valence electrons. The average Bonchev–Trinajstić information content (AvgIpc) is 2.56. The summed E-state index contributed by atoms with van der Waals surface area (Å²) in [5, 5.41) is 6.72. The molecule has 1 aromatic heterocycles. The molecule has 0 fully saturated rings. The number of halogens is 1. The maximum Gasteiger partial charge on any atom is 0.191 e. The van der Waals surface area contributed by atoms with Gasteiger partial charge in [-0.05, 0) is 30.2 Å². The number of guanidine groups is 1. The number of aromatic nitrogens is 1. The molecule has 0 aliphatic carbocycles. The highest BCUT2D eigenvalue weighted by Gasteiger charge is 2.22. The Kier molecular flexibility index (Phi) is 8.18. The Bertz CT molecular complexity index is 653. The van der Waals surface area contributed by atoms with Gasteiger partial charge in [0, 0.05) is 25.2 Å². The second kappa shape index (κ2) is 9.61. The number of benzene rings is 1. The quantitative estimate of drug-likeness (QED) is 0.426. The maximum atomic E-state index is 4.31. The fraction of sp³-hybridized carbons (Fsp3) is 0.368. The molecule has 2 rings (SSSR count). The first-order valence-corrected chi connectivity index (χ1v) is 7.93. The molecule has 0 atom stereocenters. The van der Waals surface area contributed by atoms with E-state index in [0.717, 1.165) is 18.2 Å². The second-order valence-electron chi connectivity index (χ2n) is 6.30. The van der Waals surface area contributed by atoms with E-state index in [9.17, 15) is 0 Å². The summed E-state index contributed by atoms with van der Waals surface area (Å²) in [6.07, 6.45) is 1.80. The van der Waals surface area contributed by atoms with Crippen LogP contribution in [0.1, 0.15) is 30.7 Å². The van der Waals surface area contributed by atoms with Gasteiger partial charge in [-0.25, -0.2) is 0 Å². The number of pyridine rings is 1. The summed E-state index contributed by atoms with van der Waals surface area (Å²) in [4.78, 5) is 8.60. The van der Waals surface area contributed by atoms with E-state index in [0.29, 0.717) is 6.54 Å². The molecule has 24 heavy (non-hydrogen) atoms. The Morgan fingerprint density at radius 3 is 2.42 bits per heavy atom. The number of hydrogen-bond donors (Lipinski definition) is 2. The first-order chi connectivity index (χ1) is 11.0. The van der Waals surface area contributed by atoms with Crippen LogP contribution in [0.5, 0.6) is 0 Å². The molecule has 2 aromatic rings. The van der Waals surface area contributed by atoms with Crippen molar-refractivity contribution in [1.82, 2.24) is 15.6 Å². The molecule has 4 nitrogen and oxygen atoms in total. The predicted octanol–water partition coefficient (Wildman–Crippen LogP) is 3.65. The number of rotatable bonds is 5. The largest absolute Gasteiger partial charge is 0.356 e. The number of nitrogens with one attached hydrogen (secondary N) is 2. The van der Waals surface area contributed by atoms with E-state index in [1.807, 2.05) is 18.2 Å². The smallest absolute Gasteiger partial charge is 0.191 e. The third-order valence-corrected chi connectivity index (χ3v) is 3.96. The van der Waals surface area contributed by atoms with Crippen molar-refractivity contribution in [2.24, 2.45) is 4.99 Å². The van der Waals surface area contributed by atoms with Gasteiger partial charge in [-0.15, -0.1) is 24.0 Å². The van der Waals surface area contributed by atoms with E-state index in [1.54, 1.807) is 13.2 Å². The van der Waals surface area contributed by atoms with Gasteiger partial charge in [0.1, 0.15) is 0 Å². The van der Waals surface area contributed by atoms with Crippen molar-refractivity contribution in [2.75, 3.05) is 13.6 Å². The van der Waals surface area contributed by atoms with Crippen LogP contribution in [0.4, 0.5) is 0 Å². The summed E-state index contributed by atoms with van der Waals surface area (Å²) < 4.78 is 0. The maximum absolute atomic E-state index is 4.31. The number of aliphatic imine (C=N–C) groups is 1. The minimum Gasteiger partial charge on any atom is -0.356 e. The van der Waals surface area contributed by atoms with E-state index in [1.165, 1.54) is 11.1 Å². The SMILES string of the molecule is CN=C(NCc1ccccn1)NCC(C)(C)c1ccccc1C.I. The van der Waals surface area contributed by atoms with Crippen molar-refractivity contribution in [3.8, 4) is 0 Å². The number of hydrogen-bond acceptors (Lipinski definition) is 2. The highest BCUT2D eigenvalue weighted by atomic mass is 127. The Labute approximate surface area is 162 Å². The summed E-state index contributed by atoms with van der Waals surface area (Å²) in [6.45, 7) is 8.11. The van der Waals surface area contributed by atoms with Gasteiger partial charge < -0.3 is 10.6 Å². The fourth-order valence-electron chi connectivity index (χ4n) is 2.63. The summed E-state index contributed by atoms with van der Waals surface area (Å²) in [6, 6.07) is 14.4. The normalized spacial score (nSPS) is 11.6. The molecule has 1 heterocycles. The van der Waals surface area contributed by atoms with E-state index < -0.39 is 0 Å². The zero-order valence-corrected chi connectivity index (χ0v) is 17.2. The third-order valence-electron chi connectivity index (χ3n) is 3.96. The van der Waals surface area contributed by atoms with Crippen LogP contribution in [0.3, 0.4) is 0 Å². The zero-order valence-electron chi connectivity index (χ0n) is 14.8. The molecule has 0 aliphatic rings. The first kappa shape index (κ1) is 20.4. The van der Waals surface area contributed by atoms with E-state index in [-0.39, 0.29) is 29.4 Å². The minimum absolute atomic E-state index is 0. The second-order valence-corrected chi connectivity index (χ2v) is 6.30. The lowest BCUT2D eigenvalue weighted by Crippen LogP contribution is -2.43. The molecule has 0 unspecified atom stereocenters. The Morgan fingerprint density at radius 2 is 1.79 bits per heavy atom. The molecule has 0 radical (unpaired) electrons. The minimum atomic E-state index is 0. The summed E-state index contributed by atoms with van der Waals surface area (Å²) in [5.74, 6) is 0.789. The van der Waals surface area contributed by atoms with Gasteiger partial charge in [-0.1, -0.05) is 44.2 Å². The molecular formula is C19H27IN4. The van der Waals surface area contributed by atoms with Crippen molar-refractivity contribution >= 4 is 29.9 Å². The van der Waals surface area contributed by atoms with Crippen molar-refractivity contribution in [3.63, 3.8) is 0 Å². The van der Waals surface area contributed by atoms with Gasteiger partial charge in [0.15, 0.2) is 5.96 Å². The van der Waals surface area contributed by atoms with E-state index in [2.05, 4.69) is 65.6 Å². The number of nitrogens with zero attached hydrogens (tertiary/aromatic N) is 2. The van der Waals surface area contributed by atoms with Crippen LogP contribution in [-0.4, -0.2) is 24.5 Å². The topological polar surface area (TPSA) is 49.3 Å². The molecule has 2 N–H and O–H groups in total. The third kappa shape index (κ3) is 5.78. The average molecular weight is 438 g/mol. The van der Waals surface area contributed by atoms with Gasteiger partial charge >= 0.3 is 0 Å². The Balaban J connectivity index is 0.00000288. The van der Waals surface area contributed by atoms with Crippen LogP contribution in [-0.2, 0) is 12.0 Å². The molecule has 0 spiro atoms. The van der Waals surface area contributed by atoms with Gasteiger partial charge in [0.25, 0.3) is 0 Å². The summed E-state index contributed by atoms with van der Waals surface area (Å²) in [7, 11) is 1.79. The predicted molar refractivity (Wildman–Crippen MR) is 112 cm³/mol. The molecule has 0 amide bonds. The molecule has 1 aromatic carbocycles. The molecule has 0 bridgehead atoms. The van der Waals surface area contributed by atoms with Crippen LogP contribution in [0.15, 0.2) is 53.7 Å². The van der Waals surface area contributed by atoms with Gasteiger partial charge in [-0.2, -0.15) is 0 Å². The Hall–Kier alpha value is -1.63. The zero-order chi connectivity index (χ0) is 16.7. The van der Waals surface area contributed by atoms with Crippen LogP contribution in [0, 0.1) is 6.92 Å². The summed E-state index contributed by atoms with van der Waals surface area (Å²) in [5.41, 5.74) is 3.69. The number of aryl methyl sites for hydroxylation is 1. The van der Waals surface area contributed by atoms with Crippen molar-refractivity contribution in [2.45, 2.75) is 32.7 Å². The fourth-order valence-corrected chi connectivity index (χ4v) is 2.63. The van der Waals surface area contributed by atoms with Crippen LogP contribution in [0.2, 0.25) is 0 Å². The van der Waals surface area contributed by atoms with Gasteiger partial charge in [-0.3, -0.25) is 9.98 Å². The van der Waals surface area contributed by atoms with Crippen LogP contribution >= 0.6 is 24.0 Å². The molecule has 5 heteroatoms. The Morgan fingerprint density at radius 1 is 1.08 bits per heavy atom. The molecule has 0 saturated carbocycles.